The maximum atomic E-state index is 12.6. The Labute approximate surface area is 173 Å². The molecular weight excluding hydrogens is 376 g/mol. The van der Waals surface area contributed by atoms with Crippen LogP contribution in [0.3, 0.4) is 0 Å². The first kappa shape index (κ1) is 22.0. The average Bonchev–Trinajstić information content (AvgIpc) is 2.73. The van der Waals surface area contributed by atoms with Gasteiger partial charge in [-0.25, -0.2) is 0 Å². The molecule has 0 aromatic heterocycles. The first-order chi connectivity index (χ1) is 13.3. The second kappa shape index (κ2) is 11.5. The van der Waals surface area contributed by atoms with Gasteiger partial charge in [0.2, 0.25) is 0 Å². The number of methoxy groups -OCH3 is 1. The number of hydrogen-bond acceptors (Lipinski definition) is 5. The number of nitrogens with zero attached hydrogens (tertiary/aromatic N) is 1. The quantitative estimate of drug-likeness (QED) is 0.590. The summed E-state index contributed by atoms with van der Waals surface area (Å²) in [6.07, 6.45) is 0.958. The Morgan fingerprint density at radius 1 is 1.11 bits per heavy atom. The highest BCUT2D eigenvalue weighted by Gasteiger charge is 2.12. The summed E-state index contributed by atoms with van der Waals surface area (Å²) in [7, 11) is 1.64. The molecule has 7 heteroatoms. The van der Waals surface area contributed by atoms with E-state index in [4.69, 9.17) is 4.74 Å². The normalized spacial score (nSPS) is 14.0. The van der Waals surface area contributed by atoms with Crippen LogP contribution >= 0.6 is 12.4 Å². The highest BCUT2D eigenvalue weighted by atomic mass is 35.5. The number of ether oxygens (including phenoxy) is 1. The van der Waals surface area contributed by atoms with Gasteiger partial charge in [-0.1, -0.05) is 12.1 Å². The van der Waals surface area contributed by atoms with Gasteiger partial charge in [0.25, 0.3) is 5.91 Å². The highest BCUT2D eigenvalue weighted by Crippen LogP contribution is 2.22. The summed E-state index contributed by atoms with van der Waals surface area (Å²) in [5.41, 5.74) is 2.35. The van der Waals surface area contributed by atoms with E-state index in [0.29, 0.717) is 12.1 Å². The second-order valence-electron chi connectivity index (χ2n) is 6.60. The van der Waals surface area contributed by atoms with E-state index in [1.54, 1.807) is 7.11 Å². The van der Waals surface area contributed by atoms with Crippen molar-refractivity contribution in [2.45, 2.75) is 6.42 Å². The summed E-state index contributed by atoms with van der Waals surface area (Å²) in [5, 5.41) is 9.71. The predicted octanol–water partition coefficient (Wildman–Crippen LogP) is 2.89. The molecule has 3 rings (SSSR count). The molecule has 0 spiro atoms. The minimum absolute atomic E-state index is 0. The molecular formula is C21H29ClN4O2. The number of piperazine rings is 1. The number of anilines is 2. The largest absolute Gasteiger partial charge is 0.497 e. The van der Waals surface area contributed by atoms with Crippen LogP contribution in [0.25, 0.3) is 0 Å². The summed E-state index contributed by atoms with van der Waals surface area (Å²) >= 11 is 0. The van der Waals surface area contributed by atoms with Crippen LogP contribution in [0.4, 0.5) is 11.4 Å². The van der Waals surface area contributed by atoms with Crippen LogP contribution in [0.1, 0.15) is 16.8 Å². The molecule has 1 saturated heterocycles. The first-order valence-corrected chi connectivity index (χ1v) is 9.47. The van der Waals surface area contributed by atoms with Crippen molar-refractivity contribution in [1.82, 2.24) is 15.5 Å². The van der Waals surface area contributed by atoms with Crippen LogP contribution in [0.2, 0.25) is 0 Å². The maximum Gasteiger partial charge on any atom is 0.253 e. The molecule has 0 bridgehead atoms. The predicted molar refractivity (Wildman–Crippen MR) is 116 cm³/mol. The van der Waals surface area contributed by atoms with Gasteiger partial charge < -0.3 is 25.6 Å². The van der Waals surface area contributed by atoms with Crippen molar-refractivity contribution in [2.24, 2.45) is 0 Å². The highest BCUT2D eigenvalue weighted by molar-refractivity contribution is 6.00. The van der Waals surface area contributed by atoms with E-state index in [-0.39, 0.29) is 18.3 Å². The molecule has 1 heterocycles. The van der Waals surface area contributed by atoms with Gasteiger partial charge in [-0.3, -0.25) is 4.79 Å². The Kier molecular flexibility index (Phi) is 9.07. The third-order valence-corrected chi connectivity index (χ3v) is 4.69. The zero-order chi connectivity index (χ0) is 18.9. The van der Waals surface area contributed by atoms with Crippen molar-refractivity contribution in [2.75, 3.05) is 51.7 Å². The van der Waals surface area contributed by atoms with Crippen LogP contribution in [0.5, 0.6) is 5.75 Å². The number of amides is 1. The lowest BCUT2D eigenvalue weighted by molar-refractivity contribution is 0.0952. The van der Waals surface area contributed by atoms with Crippen molar-refractivity contribution >= 4 is 29.7 Å². The van der Waals surface area contributed by atoms with Crippen LogP contribution in [-0.4, -0.2) is 57.2 Å². The molecule has 152 valence electrons. The summed E-state index contributed by atoms with van der Waals surface area (Å²) in [5.74, 6) is 0.753. The van der Waals surface area contributed by atoms with Crippen LogP contribution in [0, 0.1) is 0 Å². The van der Waals surface area contributed by atoms with Gasteiger partial charge in [0.1, 0.15) is 5.75 Å². The van der Waals surface area contributed by atoms with E-state index < -0.39 is 0 Å². The zero-order valence-electron chi connectivity index (χ0n) is 16.2. The van der Waals surface area contributed by atoms with E-state index in [1.807, 2.05) is 48.5 Å². The van der Waals surface area contributed by atoms with Gasteiger partial charge in [-0.05, 0) is 49.4 Å². The first-order valence-electron chi connectivity index (χ1n) is 9.47. The lowest BCUT2D eigenvalue weighted by atomic mass is 10.1. The molecule has 28 heavy (non-hydrogen) atoms. The fourth-order valence-corrected chi connectivity index (χ4v) is 3.15. The maximum absolute atomic E-state index is 12.6. The lowest BCUT2D eigenvalue weighted by Gasteiger charge is -2.27. The van der Waals surface area contributed by atoms with E-state index in [2.05, 4.69) is 20.9 Å². The molecule has 0 unspecified atom stereocenters. The SMILES string of the molecule is COc1ccc(Nc2ccccc2C(=O)NCCCN2CCNCC2)cc1.Cl. The number of para-hydroxylation sites is 1. The smallest absolute Gasteiger partial charge is 0.253 e. The van der Waals surface area contributed by atoms with Crippen molar-refractivity contribution in [1.29, 1.82) is 0 Å². The molecule has 0 atom stereocenters. The average molecular weight is 405 g/mol. The van der Waals surface area contributed by atoms with Gasteiger partial charge in [-0.15, -0.1) is 12.4 Å². The summed E-state index contributed by atoms with van der Waals surface area (Å²) in [4.78, 5) is 15.0. The minimum Gasteiger partial charge on any atom is -0.497 e. The molecule has 3 N–H and O–H groups in total. The fourth-order valence-electron chi connectivity index (χ4n) is 3.15. The zero-order valence-corrected chi connectivity index (χ0v) is 17.1. The van der Waals surface area contributed by atoms with E-state index in [9.17, 15) is 4.79 Å². The monoisotopic (exact) mass is 404 g/mol. The van der Waals surface area contributed by atoms with Crippen LogP contribution in [-0.2, 0) is 0 Å². The molecule has 6 nitrogen and oxygen atoms in total. The lowest BCUT2D eigenvalue weighted by Crippen LogP contribution is -2.44. The molecule has 0 aliphatic carbocycles. The Balaban J connectivity index is 0.00000280. The van der Waals surface area contributed by atoms with Crippen LogP contribution in [0.15, 0.2) is 48.5 Å². The van der Waals surface area contributed by atoms with Crippen molar-refractivity contribution in [3.05, 3.63) is 54.1 Å². The third kappa shape index (κ3) is 6.41. The van der Waals surface area contributed by atoms with Crippen molar-refractivity contribution in [3.8, 4) is 5.75 Å². The van der Waals surface area contributed by atoms with Gasteiger partial charge in [-0.2, -0.15) is 0 Å². The number of rotatable bonds is 8. The summed E-state index contributed by atoms with van der Waals surface area (Å²) in [6, 6.07) is 15.2. The summed E-state index contributed by atoms with van der Waals surface area (Å²) in [6.45, 7) is 5.98. The number of nitrogens with one attached hydrogen (secondary N) is 3. The molecule has 2 aromatic carbocycles. The van der Waals surface area contributed by atoms with Gasteiger partial charge in [0.15, 0.2) is 0 Å². The number of carbonyl (C=O) groups excluding carboxylic acids is 1. The number of halogens is 1. The molecule has 1 amide bonds. The molecule has 1 aliphatic heterocycles. The van der Waals surface area contributed by atoms with Gasteiger partial charge in [0.05, 0.1) is 18.4 Å². The van der Waals surface area contributed by atoms with Crippen LogP contribution < -0.4 is 20.7 Å². The third-order valence-electron chi connectivity index (χ3n) is 4.69. The number of carbonyl (C=O) groups is 1. The fraction of sp³-hybridized carbons (Fsp3) is 0.381. The van der Waals surface area contributed by atoms with Crippen molar-refractivity contribution in [3.63, 3.8) is 0 Å². The number of hydrogen-bond donors (Lipinski definition) is 3. The van der Waals surface area contributed by atoms with Gasteiger partial charge in [0, 0.05) is 38.4 Å². The standard InChI is InChI=1S/C21H28N4O2.ClH/c1-27-18-9-7-17(8-10-18)24-20-6-3-2-5-19(20)21(26)23-11-4-14-25-15-12-22-13-16-25;/h2-3,5-10,22,24H,4,11-16H2,1H3,(H,23,26);1H. The Morgan fingerprint density at radius 3 is 2.54 bits per heavy atom. The molecule has 1 aliphatic rings. The van der Waals surface area contributed by atoms with Gasteiger partial charge >= 0.3 is 0 Å². The molecule has 1 fully saturated rings. The molecule has 2 aromatic rings. The number of benzene rings is 2. The molecule has 0 radical (unpaired) electrons. The van der Waals surface area contributed by atoms with E-state index in [0.717, 1.165) is 56.3 Å². The van der Waals surface area contributed by atoms with E-state index in [1.165, 1.54) is 0 Å². The Morgan fingerprint density at radius 2 is 1.82 bits per heavy atom. The van der Waals surface area contributed by atoms with E-state index >= 15 is 0 Å². The van der Waals surface area contributed by atoms with Crippen molar-refractivity contribution < 1.29 is 9.53 Å². The minimum atomic E-state index is -0.0491. The second-order valence-corrected chi connectivity index (χ2v) is 6.60. The Bertz CT molecular complexity index is 733. The molecule has 0 saturated carbocycles. The Hall–Kier alpha value is -2.28. The topological polar surface area (TPSA) is 65.6 Å². The summed E-state index contributed by atoms with van der Waals surface area (Å²) < 4.78 is 5.18.